The van der Waals surface area contributed by atoms with Crippen molar-refractivity contribution in [2.24, 2.45) is 5.73 Å². The zero-order chi connectivity index (χ0) is 14.7. The quantitative estimate of drug-likeness (QED) is 0.906. The second-order valence-corrected chi connectivity index (χ2v) is 5.87. The molecule has 1 aliphatic rings. The Morgan fingerprint density at radius 2 is 2.00 bits per heavy atom. The number of piperidine rings is 1. The molecule has 21 heavy (non-hydrogen) atoms. The molecule has 3 N–H and O–H groups in total. The number of nitrogens with one attached hydrogen (secondary N) is 1. The van der Waals surface area contributed by atoms with Crippen LogP contribution >= 0.6 is 0 Å². The Balaban J connectivity index is 1.80. The van der Waals surface area contributed by atoms with Crippen molar-refractivity contribution in [3.63, 3.8) is 0 Å². The summed E-state index contributed by atoms with van der Waals surface area (Å²) < 4.78 is 0. The largest absolute Gasteiger partial charge is 0.329 e. The number of rotatable bonds is 4. The van der Waals surface area contributed by atoms with Gasteiger partial charge in [0, 0.05) is 30.7 Å². The van der Waals surface area contributed by atoms with Crippen LogP contribution in [0.15, 0.2) is 30.3 Å². The van der Waals surface area contributed by atoms with E-state index in [1.54, 1.807) is 0 Å². The summed E-state index contributed by atoms with van der Waals surface area (Å²) in [5.41, 5.74) is 12.9. The Hall–Kier alpha value is -1.49. The molecule has 0 spiro atoms. The first-order valence-corrected chi connectivity index (χ1v) is 7.85. The molecule has 2 heterocycles. The molecular formula is C17H24N4. The second kappa shape index (κ2) is 6.52. The third-order valence-corrected chi connectivity index (χ3v) is 4.19. The molecule has 0 radical (unpaired) electrons. The fraction of sp³-hybridized carbons (Fsp3) is 0.471. The van der Waals surface area contributed by atoms with Crippen LogP contribution in [0, 0.1) is 6.92 Å². The lowest BCUT2D eigenvalue weighted by Gasteiger charge is -2.31. The maximum absolute atomic E-state index is 5.99. The standard InChI is InChI=1S/C17H24N4/c1-13-5-6-14-11-15(7-8-16(14)19-13)17(12-18)20-21-9-3-2-4-10-21/h5-8,11,17,20H,2-4,9-10,12,18H2,1H3. The van der Waals surface area contributed by atoms with Gasteiger partial charge in [0.05, 0.1) is 11.6 Å². The molecule has 2 aromatic rings. The number of nitrogens with zero attached hydrogens (tertiary/aromatic N) is 2. The first kappa shape index (κ1) is 14.4. The maximum atomic E-state index is 5.99. The molecule has 4 nitrogen and oxygen atoms in total. The Bertz CT molecular complexity index is 605. The second-order valence-electron chi connectivity index (χ2n) is 5.87. The average molecular weight is 284 g/mol. The fourth-order valence-electron chi connectivity index (χ4n) is 2.97. The van der Waals surface area contributed by atoms with Crippen molar-refractivity contribution in [1.29, 1.82) is 0 Å². The minimum absolute atomic E-state index is 0.175. The number of hydrogen-bond donors (Lipinski definition) is 2. The van der Waals surface area contributed by atoms with Crippen molar-refractivity contribution in [3.05, 3.63) is 41.6 Å². The highest BCUT2D eigenvalue weighted by Crippen LogP contribution is 2.20. The molecule has 3 rings (SSSR count). The van der Waals surface area contributed by atoms with Gasteiger partial charge in [-0.15, -0.1) is 0 Å². The van der Waals surface area contributed by atoms with Crippen molar-refractivity contribution >= 4 is 10.9 Å². The van der Waals surface area contributed by atoms with E-state index >= 15 is 0 Å². The van der Waals surface area contributed by atoms with E-state index in [0.717, 1.165) is 24.3 Å². The monoisotopic (exact) mass is 284 g/mol. The predicted octanol–water partition coefficient (Wildman–Crippen LogP) is 2.53. The normalized spacial score (nSPS) is 18.0. The van der Waals surface area contributed by atoms with Gasteiger partial charge in [0.15, 0.2) is 0 Å². The van der Waals surface area contributed by atoms with Gasteiger partial charge in [-0.1, -0.05) is 18.6 Å². The van der Waals surface area contributed by atoms with Gasteiger partial charge in [-0.2, -0.15) is 0 Å². The van der Waals surface area contributed by atoms with Crippen LogP contribution in [0.4, 0.5) is 0 Å². The zero-order valence-corrected chi connectivity index (χ0v) is 12.7. The van der Waals surface area contributed by atoms with Gasteiger partial charge in [-0.3, -0.25) is 4.98 Å². The summed E-state index contributed by atoms with van der Waals surface area (Å²) in [7, 11) is 0. The van der Waals surface area contributed by atoms with Crippen molar-refractivity contribution in [3.8, 4) is 0 Å². The SMILES string of the molecule is Cc1ccc2cc(C(CN)NN3CCCCC3)ccc2n1. The molecule has 112 valence electrons. The minimum atomic E-state index is 0.175. The van der Waals surface area contributed by atoms with Crippen LogP contribution in [0.2, 0.25) is 0 Å². The number of hydrazine groups is 1. The third-order valence-electron chi connectivity index (χ3n) is 4.19. The Kier molecular flexibility index (Phi) is 4.48. The summed E-state index contributed by atoms with van der Waals surface area (Å²) in [5.74, 6) is 0. The molecule has 4 heteroatoms. The summed E-state index contributed by atoms with van der Waals surface area (Å²) in [6.07, 6.45) is 3.88. The highest BCUT2D eigenvalue weighted by molar-refractivity contribution is 5.79. The van der Waals surface area contributed by atoms with E-state index in [1.165, 1.54) is 30.2 Å². The Labute approximate surface area is 126 Å². The van der Waals surface area contributed by atoms with Crippen molar-refractivity contribution in [1.82, 2.24) is 15.4 Å². The van der Waals surface area contributed by atoms with E-state index < -0.39 is 0 Å². The maximum Gasteiger partial charge on any atom is 0.0705 e. The molecule has 1 fully saturated rings. The molecule has 0 aliphatic carbocycles. The van der Waals surface area contributed by atoms with E-state index in [4.69, 9.17) is 5.73 Å². The van der Waals surface area contributed by atoms with Crippen molar-refractivity contribution < 1.29 is 0 Å². The molecule has 1 aromatic heterocycles. The molecular weight excluding hydrogens is 260 g/mol. The van der Waals surface area contributed by atoms with Gasteiger partial charge < -0.3 is 5.73 Å². The number of nitrogens with two attached hydrogens (primary N) is 1. The van der Waals surface area contributed by atoms with E-state index in [1.807, 2.05) is 6.92 Å². The first-order valence-electron chi connectivity index (χ1n) is 7.85. The smallest absolute Gasteiger partial charge is 0.0705 e. The van der Waals surface area contributed by atoms with Crippen LogP contribution in [-0.2, 0) is 0 Å². The lowest BCUT2D eigenvalue weighted by atomic mass is 10.0. The van der Waals surface area contributed by atoms with Gasteiger partial charge in [0.1, 0.15) is 0 Å². The lowest BCUT2D eigenvalue weighted by Crippen LogP contribution is -2.45. The molecule has 1 atom stereocenters. The number of pyridine rings is 1. The number of benzene rings is 1. The summed E-state index contributed by atoms with van der Waals surface area (Å²) in [6, 6.07) is 10.8. The third kappa shape index (κ3) is 3.40. The van der Waals surface area contributed by atoms with Gasteiger partial charge in [-0.25, -0.2) is 10.4 Å². The predicted molar refractivity (Wildman–Crippen MR) is 86.8 cm³/mol. The number of aryl methyl sites for hydroxylation is 1. The van der Waals surface area contributed by atoms with Crippen LogP contribution in [-0.4, -0.2) is 29.6 Å². The Morgan fingerprint density at radius 1 is 1.19 bits per heavy atom. The van der Waals surface area contributed by atoms with Crippen molar-refractivity contribution in [2.75, 3.05) is 19.6 Å². The van der Waals surface area contributed by atoms with Crippen LogP contribution in [0.5, 0.6) is 0 Å². The van der Waals surface area contributed by atoms with Crippen LogP contribution in [0.25, 0.3) is 10.9 Å². The van der Waals surface area contributed by atoms with Gasteiger partial charge >= 0.3 is 0 Å². The average Bonchev–Trinajstić information content (AvgIpc) is 2.53. The molecule has 1 aliphatic heterocycles. The number of fused-ring (bicyclic) bond motifs is 1. The van der Waals surface area contributed by atoms with Crippen molar-refractivity contribution in [2.45, 2.75) is 32.2 Å². The summed E-state index contributed by atoms with van der Waals surface area (Å²) in [6.45, 7) is 4.85. The van der Waals surface area contributed by atoms with E-state index in [2.05, 4.69) is 45.8 Å². The fourth-order valence-corrected chi connectivity index (χ4v) is 2.97. The minimum Gasteiger partial charge on any atom is -0.329 e. The molecule has 0 saturated carbocycles. The number of aromatic nitrogens is 1. The summed E-state index contributed by atoms with van der Waals surface area (Å²) in [5, 5.41) is 3.50. The number of hydrogen-bond acceptors (Lipinski definition) is 4. The molecule has 0 amide bonds. The van der Waals surface area contributed by atoms with Crippen LogP contribution < -0.4 is 11.2 Å². The van der Waals surface area contributed by atoms with Gasteiger partial charge in [0.25, 0.3) is 0 Å². The Morgan fingerprint density at radius 3 is 2.76 bits per heavy atom. The summed E-state index contributed by atoms with van der Waals surface area (Å²) >= 11 is 0. The van der Waals surface area contributed by atoms with E-state index in [0.29, 0.717) is 6.54 Å². The molecule has 1 unspecified atom stereocenters. The van der Waals surface area contributed by atoms with E-state index in [9.17, 15) is 0 Å². The topological polar surface area (TPSA) is 54.2 Å². The zero-order valence-electron chi connectivity index (χ0n) is 12.7. The highest BCUT2D eigenvalue weighted by Gasteiger charge is 2.16. The highest BCUT2D eigenvalue weighted by atomic mass is 15.5. The molecule has 1 saturated heterocycles. The van der Waals surface area contributed by atoms with Crippen LogP contribution in [0.1, 0.15) is 36.6 Å². The van der Waals surface area contributed by atoms with Gasteiger partial charge in [0.2, 0.25) is 0 Å². The van der Waals surface area contributed by atoms with Crippen LogP contribution in [0.3, 0.4) is 0 Å². The molecule has 1 aromatic carbocycles. The molecule has 0 bridgehead atoms. The first-order chi connectivity index (χ1) is 10.3. The lowest BCUT2D eigenvalue weighted by molar-refractivity contribution is 0.130. The van der Waals surface area contributed by atoms with Gasteiger partial charge in [-0.05, 0) is 43.5 Å². The summed E-state index contributed by atoms with van der Waals surface area (Å²) in [4.78, 5) is 4.56. The van der Waals surface area contributed by atoms with E-state index in [-0.39, 0.29) is 6.04 Å².